The van der Waals surface area contributed by atoms with Crippen molar-refractivity contribution in [2.24, 2.45) is 0 Å². The van der Waals surface area contributed by atoms with Gasteiger partial charge in [0, 0.05) is 24.1 Å². The number of carboxylic acids is 1. The van der Waals surface area contributed by atoms with E-state index >= 15 is 0 Å². The third kappa shape index (κ3) is 4.59. The van der Waals surface area contributed by atoms with Gasteiger partial charge in [-0.3, -0.25) is 10.1 Å². The standard InChI is InChI=1S/C11H13N3O4S/c1-2-4-19-5-3-12-10-9(11(15)16)6-8(7-13-10)14(17)18/h2,6-7H,1,3-5H2,(H,12,13)(H,15,16). The van der Waals surface area contributed by atoms with Crippen molar-refractivity contribution < 1.29 is 14.8 Å². The molecule has 1 rings (SSSR count). The molecule has 0 saturated heterocycles. The van der Waals surface area contributed by atoms with Gasteiger partial charge in [-0.25, -0.2) is 9.78 Å². The first kappa shape index (κ1) is 15.0. The van der Waals surface area contributed by atoms with Gasteiger partial charge < -0.3 is 10.4 Å². The molecule has 1 heterocycles. The van der Waals surface area contributed by atoms with Crippen molar-refractivity contribution in [1.29, 1.82) is 0 Å². The zero-order chi connectivity index (χ0) is 14.3. The van der Waals surface area contributed by atoms with Crippen LogP contribution in [0, 0.1) is 10.1 Å². The van der Waals surface area contributed by atoms with Gasteiger partial charge in [-0.1, -0.05) is 6.08 Å². The molecule has 1 aromatic heterocycles. The van der Waals surface area contributed by atoms with Crippen LogP contribution in [0.1, 0.15) is 10.4 Å². The first-order valence-corrected chi connectivity index (χ1v) is 6.52. The van der Waals surface area contributed by atoms with Crippen molar-refractivity contribution in [1.82, 2.24) is 4.98 Å². The second kappa shape index (κ2) is 7.37. The highest BCUT2D eigenvalue weighted by molar-refractivity contribution is 7.99. The van der Waals surface area contributed by atoms with Crippen molar-refractivity contribution in [2.75, 3.05) is 23.4 Å². The van der Waals surface area contributed by atoms with Crippen LogP contribution in [0.4, 0.5) is 11.5 Å². The highest BCUT2D eigenvalue weighted by Gasteiger charge is 2.17. The van der Waals surface area contributed by atoms with Gasteiger partial charge >= 0.3 is 5.97 Å². The Hall–Kier alpha value is -2.09. The molecule has 0 spiro atoms. The summed E-state index contributed by atoms with van der Waals surface area (Å²) in [4.78, 5) is 24.7. The van der Waals surface area contributed by atoms with Crippen LogP contribution in [0.25, 0.3) is 0 Å². The summed E-state index contributed by atoms with van der Waals surface area (Å²) >= 11 is 1.63. The van der Waals surface area contributed by atoms with Crippen LogP contribution in [0.2, 0.25) is 0 Å². The molecule has 0 atom stereocenters. The predicted molar refractivity (Wildman–Crippen MR) is 73.9 cm³/mol. The van der Waals surface area contributed by atoms with Crippen molar-refractivity contribution in [2.45, 2.75) is 0 Å². The fourth-order valence-electron chi connectivity index (χ4n) is 1.27. The van der Waals surface area contributed by atoms with Crippen LogP contribution in [-0.2, 0) is 0 Å². The molecule has 0 fully saturated rings. The number of anilines is 1. The number of pyridine rings is 1. The van der Waals surface area contributed by atoms with Gasteiger partial charge in [0.05, 0.1) is 4.92 Å². The first-order valence-electron chi connectivity index (χ1n) is 5.36. The van der Waals surface area contributed by atoms with E-state index in [1.807, 2.05) is 0 Å². The minimum absolute atomic E-state index is 0.136. The summed E-state index contributed by atoms with van der Waals surface area (Å²) in [5.41, 5.74) is -0.549. The Morgan fingerprint density at radius 1 is 1.68 bits per heavy atom. The van der Waals surface area contributed by atoms with Crippen LogP contribution in [0.3, 0.4) is 0 Å². The second-order valence-corrected chi connectivity index (χ2v) is 4.59. The lowest BCUT2D eigenvalue weighted by Gasteiger charge is -2.07. The molecule has 0 saturated carbocycles. The average molecular weight is 283 g/mol. The minimum Gasteiger partial charge on any atom is -0.478 e. The number of hydrogen-bond acceptors (Lipinski definition) is 6. The van der Waals surface area contributed by atoms with E-state index in [-0.39, 0.29) is 17.1 Å². The number of aromatic carboxylic acids is 1. The highest BCUT2D eigenvalue weighted by Crippen LogP contribution is 2.19. The smallest absolute Gasteiger partial charge is 0.339 e. The van der Waals surface area contributed by atoms with E-state index in [9.17, 15) is 14.9 Å². The highest BCUT2D eigenvalue weighted by atomic mass is 32.2. The van der Waals surface area contributed by atoms with Crippen molar-refractivity contribution in [3.05, 3.63) is 40.6 Å². The van der Waals surface area contributed by atoms with E-state index in [1.54, 1.807) is 17.8 Å². The molecule has 8 heteroatoms. The van der Waals surface area contributed by atoms with Gasteiger partial charge in [0.25, 0.3) is 5.69 Å². The van der Waals surface area contributed by atoms with Crippen LogP contribution >= 0.6 is 11.8 Å². The fourth-order valence-corrected chi connectivity index (χ4v) is 1.85. The maximum atomic E-state index is 11.0. The molecular formula is C11H13N3O4S. The SMILES string of the molecule is C=CCSCCNc1ncc([N+](=O)[O-])cc1C(=O)O. The Labute approximate surface area is 113 Å². The van der Waals surface area contributed by atoms with Crippen molar-refractivity contribution in [3.63, 3.8) is 0 Å². The molecule has 102 valence electrons. The monoisotopic (exact) mass is 283 g/mol. The van der Waals surface area contributed by atoms with Crippen molar-refractivity contribution >= 4 is 29.2 Å². The molecule has 7 nitrogen and oxygen atoms in total. The summed E-state index contributed by atoms with van der Waals surface area (Å²) in [6.07, 6.45) is 2.81. The number of hydrogen-bond donors (Lipinski definition) is 2. The number of nitro groups is 1. The molecule has 1 aromatic rings. The Kier molecular flexibility index (Phi) is 5.80. The molecule has 2 N–H and O–H groups in total. The molecule has 19 heavy (non-hydrogen) atoms. The molecule has 0 unspecified atom stereocenters. The summed E-state index contributed by atoms with van der Waals surface area (Å²) in [6.45, 7) is 4.10. The molecule has 0 aromatic carbocycles. The first-order chi connectivity index (χ1) is 9.06. The van der Waals surface area contributed by atoms with Crippen LogP contribution in [-0.4, -0.2) is 39.0 Å². The lowest BCUT2D eigenvalue weighted by molar-refractivity contribution is -0.385. The number of aromatic nitrogens is 1. The number of rotatable bonds is 8. The van der Waals surface area contributed by atoms with Gasteiger partial charge in [0.2, 0.25) is 0 Å². The van der Waals surface area contributed by atoms with Crippen LogP contribution < -0.4 is 5.32 Å². The molecule has 0 aliphatic rings. The number of carboxylic acid groups (broad SMARTS) is 1. The largest absolute Gasteiger partial charge is 0.478 e. The van der Waals surface area contributed by atoms with Crippen LogP contribution in [0.5, 0.6) is 0 Å². The lowest BCUT2D eigenvalue weighted by Crippen LogP contribution is -2.11. The molecule has 0 bridgehead atoms. The van der Waals surface area contributed by atoms with Gasteiger partial charge in [-0.15, -0.1) is 6.58 Å². The summed E-state index contributed by atoms with van der Waals surface area (Å²) in [7, 11) is 0. The van der Waals surface area contributed by atoms with E-state index in [2.05, 4.69) is 16.9 Å². The zero-order valence-corrected chi connectivity index (χ0v) is 10.9. The van der Waals surface area contributed by atoms with E-state index in [0.29, 0.717) is 6.54 Å². The Morgan fingerprint density at radius 3 is 3.00 bits per heavy atom. The Morgan fingerprint density at radius 2 is 2.42 bits per heavy atom. The predicted octanol–water partition coefficient (Wildman–Crippen LogP) is 2.02. The number of nitrogens with zero attached hydrogens (tertiary/aromatic N) is 2. The Balaban J connectivity index is 2.74. The van der Waals surface area contributed by atoms with Crippen molar-refractivity contribution in [3.8, 4) is 0 Å². The second-order valence-electron chi connectivity index (χ2n) is 3.44. The van der Waals surface area contributed by atoms with E-state index in [4.69, 9.17) is 5.11 Å². The molecule has 0 amide bonds. The van der Waals surface area contributed by atoms with Gasteiger partial charge in [0.15, 0.2) is 0 Å². The summed E-state index contributed by atoms with van der Waals surface area (Å²) < 4.78 is 0. The zero-order valence-electron chi connectivity index (χ0n) is 10.0. The van der Waals surface area contributed by atoms with Gasteiger partial charge in [0.1, 0.15) is 17.6 Å². The molecular weight excluding hydrogens is 270 g/mol. The minimum atomic E-state index is -1.25. The van der Waals surface area contributed by atoms with Gasteiger partial charge in [-0.05, 0) is 0 Å². The third-order valence-electron chi connectivity index (χ3n) is 2.09. The maximum absolute atomic E-state index is 11.0. The molecule has 0 aliphatic heterocycles. The number of thioether (sulfide) groups is 1. The maximum Gasteiger partial charge on any atom is 0.339 e. The number of nitrogens with one attached hydrogen (secondary N) is 1. The lowest BCUT2D eigenvalue weighted by atomic mass is 10.2. The van der Waals surface area contributed by atoms with E-state index < -0.39 is 10.9 Å². The molecule has 0 aliphatic carbocycles. The topological polar surface area (TPSA) is 105 Å². The quantitative estimate of drug-likeness (QED) is 0.325. The Bertz CT molecular complexity index is 493. The summed E-state index contributed by atoms with van der Waals surface area (Å²) in [5.74, 6) is 0.444. The summed E-state index contributed by atoms with van der Waals surface area (Å²) in [5, 5.41) is 22.4. The molecule has 0 radical (unpaired) electrons. The van der Waals surface area contributed by atoms with E-state index in [0.717, 1.165) is 23.8 Å². The van der Waals surface area contributed by atoms with Gasteiger partial charge in [-0.2, -0.15) is 11.8 Å². The third-order valence-corrected chi connectivity index (χ3v) is 3.05. The van der Waals surface area contributed by atoms with Crippen LogP contribution in [0.15, 0.2) is 24.9 Å². The fraction of sp³-hybridized carbons (Fsp3) is 0.273. The number of carbonyl (C=O) groups is 1. The van der Waals surface area contributed by atoms with E-state index in [1.165, 1.54) is 0 Å². The average Bonchev–Trinajstić information content (AvgIpc) is 2.38. The normalized spacial score (nSPS) is 9.89. The summed E-state index contributed by atoms with van der Waals surface area (Å²) in [6, 6.07) is 0.995.